The van der Waals surface area contributed by atoms with Crippen molar-refractivity contribution in [2.45, 2.75) is 32.2 Å². The van der Waals surface area contributed by atoms with E-state index in [0.717, 1.165) is 11.1 Å². The molecule has 2 rings (SSSR count). The third kappa shape index (κ3) is 5.00. The molecule has 0 saturated carbocycles. The molecule has 0 aliphatic carbocycles. The van der Waals surface area contributed by atoms with E-state index < -0.39 is 11.7 Å². The molecule has 5 heteroatoms. The molecule has 0 aliphatic heterocycles. The molecule has 25 heavy (non-hydrogen) atoms. The first-order valence-corrected chi connectivity index (χ1v) is 9.26. The van der Waals surface area contributed by atoms with Gasteiger partial charge in [-0.1, -0.05) is 45.0 Å². The first kappa shape index (κ1) is 19.3. The summed E-state index contributed by atoms with van der Waals surface area (Å²) in [5, 5.41) is 6.84. The monoisotopic (exact) mass is 358 g/mol. The summed E-state index contributed by atoms with van der Waals surface area (Å²) in [6.07, 6.45) is 0. The van der Waals surface area contributed by atoms with E-state index in [1.54, 1.807) is 23.5 Å². The molecule has 0 saturated heterocycles. The summed E-state index contributed by atoms with van der Waals surface area (Å²) < 4.78 is 0. The second kappa shape index (κ2) is 7.93. The van der Waals surface area contributed by atoms with Crippen molar-refractivity contribution in [3.63, 3.8) is 0 Å². The van der Waals surface area contributed by atoms with Crippen molar-refractivity contribution < 1.29 is 9.59 Å². The van der Waals surface area contributed by atoms with Crippen LogP contribution in [0.2, 0.25) is 0 Å². The van der Waals surface area contributed by atoms with Crippen molar-refractivity contribution >= 4 is 23.0 Å². The predicted molar refractivity (Wildman–Crippen MR) is 103 cm³/mol. The quantitative estimate of drug-likeness (QED) is 0.633. The molecule has 1 unspecified atom stereocenters. The van der Waals surface area contributed by atoms with Crippen LogP contribution in [-0.4, -0.2) is 37.2 Å². The molecule has 1 heterocycles. The van der Waals surface area contributed by atoms with Gasteiger partial charge in [-0.2, -0.15) is 11.3 Å². The average Bonchev–Trinajstić information content (AvgIpc) is 3.07. The normalized spacial score (nSPS) is 12.9. The second-order valence-electron chi connectivity index (χ2n) is 7.40. The molecular formula is C20H26N2O2S. The number of hydrogen-bond donors (Lipinski definition) is 1. The maximum absolute atomic E-state index is 12.4. The van der Waals surface area contributed by atoms with E-state index in [1.165, 1.54) is 0 Å². The van der Waals surface area contributed by atoms with E-state index in [2.05, 4.69) is 31.5 Å². The van der Waals surface area contributed by atoms with E-state index in [9.17, 15) is 9.59 Å². The zero-order valence-corrected chi connectivity index (χ0v) is 16.3. The smallest absolute Gasteiger partial charge is 0.292 e. The molecule has 1 amide bonds. The number of carbonyl (C=O) groups excluding carboxylic acids is 2. The number of likely N-dealkylation sites (N-methyl/N-ethyl adjacent to an activating group) is 1. The number of rotatable bonds is 6. The number of nitrogens with zero attached hydrogens (tertiary/aromatic N) is 1. The number of benzene rings is 1. The van der Waals surface area contributed by atoms with Crippen molar-refractivity contribution in [3.05, 3.63) is 57.8 Å². The number of ketones is 1. The van der Waals surface area contributed by atoms with Gasteiger partial charge >= 0.3 is 0 Å². The minimum atomic E-state index is -0.564. The molecule has 2 aromatic rings. The lowest BCUT2D eigenvalue weighted by Crippen LogP contribution is -2.37. The highest BCUT2D eigenvalue weighted by molar-refractivity contribution is 7.07. The van der Waals surface area contributed by atoms with Crippen molar-refractivity contribution in [1.29, 1.82) is 0 Å². The van der Waals surface area contributed by atoms with Crippen LogP contribution in [0.15, 0.2) is 41.1 Å². The molecule has 0 fully saturated rings. The van der Waals surface area contributed by atoms with Crippen LogP contribution in [0, 0.1) is 0 Å². The topological polar surface area (TPSA) is 49.4 Å². The molecule has 0 spiro atoms. The summed E-state index contributed by atoms with van der Waals surface area (Å²) in [5.74, 6) is -1.06. The molecule has 134 valence electrons. The van der Waals surface area contributed by atoms with Crippen molar-refractivity contribution in [2.24, 2.45) is 0 Å². The van der Waals surface area contributed by atoms with Crippen LogP contribution in [0.4, 0.5) is 0 Å². The molecule has 1 N–H and O–H groups in total. The van der Waals surface area contributed by atoms with Gasteiger partial charge in [0, 0.05) is 12.1 Å². The third-order valence-electron chi connectivity index (χ3n) is 4.23. The Morgan fingerprint density at radius 3 is 2.24 bits per heavy atom. The number of hydrogen-bond acceptors (Lipinski definition) is 4. The Hall–Kier alpha value is -1.98. The second-order valence-corrected chi connectivity index (χ2v) is 8.18. The molecule has 0 radical (unpaired) electrons. The first-order valence-electron chi connectivity index (χ1n) is 8.31. The van der Waals surface area contributed by atoms with Gasteiger partial charge < -0.3 is 10.2 Å². The van der Waals surface area contributed by atoms with Gasteiger partial charge in [0.05, 0.1) is 6.04 Å². The van der Waals surface area contributed by atoms with Gasteiger partial charge in [0.15, 0.2) is 0 Å². The van der Waals surface area contributed by atoms with Crippen LogP contribution < -0.4 is 5.32 Å². The van der Waals surface area contributed by atoms with E-state index >= 15 is 0 Å². The first-order chi connectivity index (χ1) is 11.7. The van der Waals surface area contributed by atoms with Crippen molar-refractivity contribution in [3.8, 4) is 0 Å². The SMILES string of the molecule is CN(C)C(CNC(=O)C(=O)c1ccc(C(C)(C)C)cc1)c1ccsc1. The Morgan fingerprint density at radius 1 is 1.12 bits per heavy atom. The molecule has 1 atom stereocenters. The number of nitrogens with one attached hydrogen (secondary N) is 1. The fraction of sp³-hybridized carbons (Fsp3) is 0.400. The molecule has 4 nitrogen and oxygen atoms in total. The van der Waals surface area contributed by atoms with Gasteiger partial charge in [0.2, 0.25) is 5.78 Å². The van der Waals surface area contributed by atoms with Crippen LogP contribution >= 0.6 is 11.3 Å². The van der Waals surface area contributed by atoms with E-state index in [1.807, 2.05) is 42.6 Å². The Balaban J connectivity index is 2.01. The summed E-state index contributed by atoms with van der Waals surface area (Å²) in [4.78, 5) is 26.6. The van der Waals surface area contributed by atoms with Gasteiger partial charge in [0.25, 0.3) is 5.91 Å². The van der Waals surface area contributed by atoms with Crippen molar-refractivity contribution in [2.75, 3.05) is 20.6 Å². The van der Waals surface area contributed by atoms with E-state index in [-0.39, 0.29) is 11.5 Å². The highest BCUT2D eigenvalue weighted by Gasteiger charge is 2.21. The molecule has 0 aliphatic rings. The van der Waals surface area contributed by atoms with Gasteiger partial charge in [-0.15, -0.1) is 0 Å². The van der Waals surface area contributed by atoms with Gasteiger partial charge in [-0.05, 0) is 47.5 Å². The summed E-state index contributed by atoms with van der Waals surface area (Å²) in [6, 6.07) is 9.36. The lowest BCUT2D eigenvalue weighted by Gasteiger charge is -2.23. The maximum Gasteiger partial charge on any atom is 0.292 e. The zero-order chi connectivity index (χ0) is 18.6. The number of Topliss-reactive ketones (excluding diaryl/α,β-unsaturated/α-hetero) is 1. The predicted octanol–water partition coefficient (Wildman–Crippen LogP) is 3.65. The van der Waals surface area contributed by atoms with Gasteiger partial charge in [-0.25, -0.2) is 0 Å². The average molecular weight is 359 g/mol. The zero-order valence-electron chi connectivity index (χ0n) is 15.5. The fourth-order valence-electron chi connectivity index (χ4n) is 2.59. The largest absolute Gasteiger partial charge is 0.347 e. The molecular weight excluding hydrogens is 332 g/mol. The van der Waals surface area contributed by atoms with E-state index in [4.69, 9.17) is 0 Å². The highest BCUT2D eigenvalue weighted by Crippen LogP contribution is 2.22. The van der Waals surface area contributed by atoms with Crippen LogP contribution in [0.3, 0.4) is 0 Å². The Bertz CT molecular complexity index is 713. The summed E-state index contributed by atoms with van der Waals surface area (Å²) in [7, 11) is 3.92. The van der Waals surface area contributed by atoms with Crippen LogP contribution in [0.1, 0.15) is 48.3 Å². The van der Waals surface area contributed by atoms with Gasteiger partial charge in [-0.3, -0.25) is 9.59 Å². The van der Waals surface area contributed by atoms with Crippen LogP contribution in [0.5, 0.6) is 0 Å². The Labute approximate surface area is 153 Å². The van der Waals surface area contributed by atoms with Crippen LogP contribution in [0.25, 0.3) is 0 Å². The summed E-state index contributed by atoms with van der Waals surface area (Å²) in [6.45, 7) is 6.74. The Kier molecular flexibility index (Phi) is 6.14. The lowest BCUT2D eigenvalue weighted by molar-refractivity contribution is -0.117. The van der Waals surface area contributed by atoms with Gasteiger partial charge in [0.1, 0.15) is 0 Å². The van der Waals surface area contributed by atoms with Crippen LogP contribution in [-0.2, 0) is 10.2 Å². The fourth-order valence-corrected chi connectivity index (χ4v) is 3.29. The molecule has 0 bridgehead atoms. The third-order valence-corrected chi connectivity index (χ3v) is 4.93. The minimum absolute atomic E-state index is 0.0172. The number of thiophene rings is 1. The number of carbonyl (C=O) groups is 2. The summed E-state index contributed by atoms with van der Waals surface area (Å²) in [5.41, 5.74) is 2.71. The minimum Gasteiger partial charge on any atom is -0.347 e. The molecule has 1 aromatic carbocycles. The highest BCUT2D eigenvalue weighted by atomic mass is 32.1. The Morgan fingerprint density at radius 2 is 1.76 bits per heavy atom. The maximum atomic E-state index is 12.4. The number of amides is 1. The van der Waals surface area contributed by atoms with E-state index in [0.29, 0.717) is 12.1 Å². The van der Waals surface area contributed by atoms with Crippen molar-refractivity contribution in [1.82, 2.24) is 10.2 Å². The summed E-state index contributed by atoms with van der Waals surface area (Å²) >= 11 is 1.62. The standard InChI is InChI=1S/C20H26N2O2S/c1-20(2,3)16-8-6-14(7-9-16)18(23)19(24)21-12-17(22(4)5)15-10-11-25-13-15/h6-11,13,17H,12H2,1-5H3,(H,21,24). The molecule has 1 aromatic heterocycles. The lowest BCUT2D eigenvalue weighted by atomic mass is 9.86.